The summed E-state index contributed by atoms with van der Waals surface area (Å²) in [5, 5.41) is 6.53. The largest absolute Gasteiger partial charge is 0.376 e. The molecule has 24 heavy (non-hydrogen) atoms. The number of halogens is 1. The van der Waals surface area contributed by atoms with Gasteiger partial charge in [-0.3, -0.25) is 4.79 Å². The molecule has 0 bridgehead atoms. The number of hydrogen-bond donors (Lipinski definition) is 2. The molecule has 3 aromatic carbocycles. The molecular weight excluding hydrogens is 320 g/mol. The lowest BCUT2D eigenvalue weighted by atomic mass is 10.0. The summed E-state index contributed by atoms with van der Waals surface area (Å²) in [6.45, 7) is 0.162. The third-order valence-corrected chi connectivity index (χ3v) is 3.93. The van der Waals surface area contributed by atoms with Crippen LogP contribution in [0.2, 0.25) is 5.02 Å². The number of nitrogens with one attached hydrogen (secondary N) is 2. The highest BCUT2D eigenvalue weighted by Gasteiger charge is 2.08. The van der Waals surface area contributed by atoms with Gasteiger partial charge in [-0.2, -0.15) is 0 Å². The number of benzene rings is 3. The van der Waals surface area contributed by atoms with E-state index in [4.69, 9.17) is 11.6 Å². The van der Waals surface area contributed by atoms with Crippen LogP contribution in [-0.2, 0) is 4.79 Å². The lowest BCUT2D eigenvalue weighted by Gasteiger charge is -2.13. The molecule has 4 heteroatoms. The van der Waals surface area contributed by atoms with Gasteiger partial charge in [-0.1, -0.05) is 72.3 Å². The maximum atomic E-state index is 12.2. The molecule has 0 saturated carbocycles. The predicted octanol–water partition coefficient (Wildman–Crippen LogP) is 5.06. The van der Waals surface area contributed by atoms with Gasteiger partial charge in [0.05, 0.1) is 17.3 Å². The topological polar surface area (TPSA) is 41.1 Å². The van der Waals surface area contributed by atoms with Crippen LogP contribution in [0.3, 0.4) is 0 Å². The molecule has 0 aliphatic rings. The normalized spacial score (nSPS) is 10.2. The van der Waals surface area contributed by atoms with E-state index in [1.807, 2.05) is 66.7 Å². The second kappa shape index (κ2) is 7.66. The van der Waals surface area contributed by atoms with Gasteiger partial charge in [0.15, 0.2) is 0 Å². The van der Waals surface area contributed by atoms with Crippen molar-refractivity contribution in [2.24, 2.45) is 0 Å². The molecule has 0 spiro atoms. The fourth-order valence-electron chi connectivity index (χ4n) is 2.44. The number of anilines is 2. The highest BCUT2D eigenvalue weighted by atomic mass is 35.5. The van der Waals surface area contributed by atoms with Crippen LogP contribution < -0.4 is 10.6 Å². The second-order valence-corrected chi connectivity index (χ2v) is 5.70. The minimum absolute atomic E-state index is 0.147. The van der Waals surface area contributed by atoms with E-state index in [1.54, 1.807) is 12.1 Å². The Kier molecular flexibility index (Phi) is 5.14. The summed E-state index contributed by atoms with van der Waals surface area (Å²) in [6, 6.07) is 25.2. The maximum absolute atomic E-state index is 12.2. The first-order chi connectivity index (χ1) is 11.7. The van der Waals surface area contributed by atoms with Crippen LogP contribution in [0.4, 0.5) is 11.4 Å². The molecule has 0 atom stereocenters. The Morgan fingerprint density at radius 1 is 0.792 bits per heavy atom. The third kappa shape index (κ3) is 3.94. The SMILES string of the molecule is O=C(CNc1ccccc1-c1ccccc1)Nc1ccccc1Cl. The van der Waals surface area contributed by atoms with E-state index in [-0.39, 0.29) is 12.5 Å². The van der Waals surface area contributed by atoms with Crippen molar-refractivity contribution in [1.29, 1.82) is 0 Å². The van der Waals surface area contributed by atoms with Gasteiger partial charge < -0.3 is 10.6 Å². The van der Waals surface area contributed by atoms with E-state index in [2.05, 4.69) is 10.6 Å². The first-order valence-electron chi connectivity index (χ1n) is 7.67. The van der Waals surface area contributed by atoms with Crippen LogP contribution >= 0.6 is 11.6 Å². The molecular formula is C20H17ClN2O. The van der Waals surface area contributed by atoms with Gasteiger partial charge in [0.2, 0.25) is 5.91 Å². The summed E-state index contributed by atoms with van der Waals surface area (Å²) >= 11 is 6.06. The first-order valence-corrected chi connectivity index (χ1v) is 8.04. The monoisotopic (exact) mass is 336 g/mol. The molecule has 0 fully saturated rings. The van der Waals surface area contributed by atoms with E-state index in [1.165, 1.54) is 0 Å². The zero-order valence-electron chi connectivity index (χ0n) is 13.0. The van der Waals surface area contributed by atoms with Gasteiger partial charge in [-0.15, -0.1) is 0 Å². The van der Waals surface area contributed by atoms with Crippen molar-refractivity contribution in [3.63, 3.8) is 0 Å². The molecule has 0 aliphatic heterocycles. The van der Waals surface area contributed by atoms with Crippen LogP contribution in [0.25, 0.3) is 11.1 Å². The van der Waals surface area contributed by atoms with Gasteiger partial charge in [0, 0.05) is 11.3 Å². The standard InChI is InChI=1S/C20H17ClN2O/c21-17-11-5-7-13-19(17)23-20(24)14-22-18-12-6-4-10-16(18)15-8-2-1-3-9-15/h1-13,22H,14H2,(H,23,24). The van der Waals surface area contributed by atoms with E-state index >= 15 is 0 Å². The summed E-state index contributed by atoms with van der Waals surface area (Å²) in [5.74, 6) is -0.147. The average molecular weight is 337 g/mol. The molecule has 3 rings (SSSR count). The summed E-state index contributed by atoms with van der Waals surface area (Å²) in [6.07, 6.45) is 0. The van der Waals surface area contributed by atoms with E-state index in [0.717, 1.165) is 16.8 Å². The number of para-hydroxylation sites is 2. The summed E-state index contributed by atoms with van der Waals surface area (Å²) in [5.41, 5.74) is 3.69. The van der Waals surface area contributed by atoms with Crippen molar-refractivity contribution in [2.75, 3.05) is 17.2 Å². The Labute approximate surface area is 146 Å². The minimum atomic E-state index is -0.147. The molecule has 0 aromatic heterocycles. The molecule has 3 nitrogen and oxygen atoms in total. The Bertz CT molecular complexity index is 834. The van der Waals surface area contributed by atoms with E-state index in [9.17, 15) is 4.79 Å². The molecule has 0 saturated heterocycles. The highest BCUT2D eigenvalue weighted by Crippen LogP contribution is 2.27. The number of hydrogen-bond acceptors (Lipinski definition) is 2. The first kappa shape index (κ1) is 16.1. The zero-order chi connectivity index (χ0) is 16.8. The van der Waals surface area contributed by atoms with Crippen molar-refractivity contribution >= 4 is 28.9 Å². The third-order valence-electron chi connectivity index (χ3n) is 3.60. The predicted molar refractivity (Wildman–Crippen MR) is 100 cm³/mol. The molecule has 0 heterocycles. The molecule has 2 N–H and O–H groups in total. The fraction of sp³-hybridized carbons (Fsp3) is 0.0500. The Balaban J connectivity index is 1.69. The van der Waals surface area contributed by atoms with Gasteiger partial charge in [-0.05, 0) is 23.8 Å². The second-order valence-electron chi connectivity index (χ2n) is 5.29. The van der Waals surface area contributed by atoms with Crippen molar-refractivity contribution in [3.8, 4) is 11.1 Å². The number of carbonyl (C=O) groups excluding carboxylic acids is 1. The summed E-state index contributed by atoms with van der Waals surface area (Å²) < 4.78 is 0. The minimum Gasteiger partial charge on any atom is -0.376 e. The van der Waals surface area contributed by atoms with Crippen LogP contribution in [-0.4, -0.2) is 12.5 Å². The fourth-order valence-corrected chi connectivity index (χ4v) is 2.62. The lowest BCUT2D eigenvalue weighted by molar-refractivity contribution is -0.114. The molecule has 120 valence electrons. The zero-order valence-corrected chi connectivity index (χ0v) is 13.8. The maximum Gasteiger partial charge on any atom is 0.243 e. The van der Waals surface area contributed by atoms with Gasteiger partial charge in [-0.25, -0.2) is 0 Å². The summed E-state index contributed by atoms with van der Waals surface area (Å²) in [7, 11) is 0. The number of carbonyl (C=O) groups is 1. The molecule has 1 amide bonds. The van der Waals surface area contributed by atoms with Gasteiger partial charge in [0.1, 0.15) is 0 Å². The average Bonchev–Trinajstić information content (AvgIpc) is 2.63. The Morgan fingerprint density at radius 2 is 1.42 bits per heavy atom. The molecule has 0 aliphatic carbocycles. The number of rotatable bonds is 5. The smallest absolute Gasteiger partial charge is 0.243 e. The van der Waals surface area contributed by atoms with Gasteiger partial charge >= 0.3 is 0 Å². The van der Waals surface area contributed by atoms with Crippen LogP contribution in [0.15, 0.2) is 78.9 Å². The molecule has 0 radical (unpaired) electrons. The highest BCUT2D eigenvalue weighted by molar-refractivity contribution is 6.33. The lowest BCUT2D eigenvalue weighted by Crippen LogP contribution is -2.22. The van der Waals surface area contributed by atoms with Crippen LogP contribution in [0.1, 0.15) is 0 Å². The Hall–Kier alpha value is -2.78. The van der Waals surface area contributed by atoms with Crippen molar-refractivity contribution < 1.29 is 4.79 Å². The molecule has 3 aromatic rings. The van der Waals surface area contributed by atoms with Crippen LogP contribution in [0, 0.1) is 0 Å². The van der Waals surface area contributed by atoms with E-state index in [0.29, 0.717) is 10.7 Å². The molecule has 0 unspecified atom stereocenters. The van der Waals surface area contributed by atoms with Crippen molar-refractivity contribution in [1.82, 2.24) is 0 Å². The van der Waals surface area contributed by atoms with Gasteiger partial charge in [0.25, 0.3) is 0 Å². The van der Waals surface area contributed by atoms with Crippen molar-refractivity contribution in [2.45, 2.75) is 0 Å². The summed E-state index contributed by atoms with van der Waals surface area (Å²) in [4.78, 5) is 12.2. The van der Waals surface area contributed by atoms with E-state index < -0.39 is 0 Å². The number of amides is 1. The van der Waals surface area contributed by atoms with Crippen LogP contribution in [0.5, 0.6) is 0 Å². The Morgan fingerprint density at radius 3 is 2.17 bits per heavy atom. The quantitative estimate of drug-likeness (QED) is 0.684. The van der Waals surface area contributed by atoms with Crippen molar-refractivity contribution in [3.05, 3.63) is 83.9 Å².